The highest BCUT2D eigenvalue weighted by atomic mass is 16.2. The first-order valence-electron chi connectivity index (χ1n) is 8.23. The SMILES string of the molecule is CC1CCCC(N2C(=O)CNC2C2CCCC2)C1C. The minimum absolute atomic E-state index is 0.341. The number of amides is 1. The molecule has 3 aliphatic rings. The Kier molecular flexibility index (Phi) is 3.84. The summed E-state index contributed by atoms with van der Waals surface area (Å²) in [4.78, 5) is 14.6. The fourth-order valence-electron chi connectivity index (χ4n) is 4.54. The van der Waals surface area contributed by atoms with Crippen LogP contribution >= 0.6 is 0 Å². The first kappa shape index (κ1) is 13.4. The summed E-state index contributed by atoms with van der Waals surface area (Å²) in [7, 11) is 0. The van der Waals surface area contributed by atoms with E-state index in [1.54, 1.807) is 0 Å². The van der Waals surface area contributed by atoms with E-state index >= 15 is 0 Å². The van der Waals surface area contributed by atoms with E-state index < -0.39 is 0 Å². The molecule has 0 aromatic rings. The smallest absolute Gasteiger partial charge is 0.238 e. The molecule has 108 valence electrons. The largest absolute Gasteiger partial charge is 0.323 e. The van der Waals surface area contributed by atoms with Gasteiger partial charge in [0.1, 0.15) is 0 Å². The molecule has 0 radical (unpaired) electrons. The molecule has 3 nitrogen and oxygen atoms in total. The Bertz CT molecular complexity index is 338. The average molecular weight is 264 g/mol. The van der Waals surface area contributed by atoms with Crippen molar-refractivity contribution >= 4 is 5.91 Å². The summed E-state index contributed by atoms with van der Waals surface area (Å²) in [6, 6.07) is 0.483. The number of carbonyl (C=O) groups excluding carboxylic acids is 1. The highest BCUT2D eigenvalue weighted by Crippen LogP contribution is 2.38. The van der Waals surface area contributed by atoms with E-state index in [0.717, 1.165) is 5.92 Å². The average Bonchev–Trinajstić information content (AvgIpc) is 3.02. The van der Waals surface area contributed by atoms with Gasteiger partial charge in [-0.05, 0) is 37.0 Å². The van der Waals surface area contributed by atoms with E-state index in [-0.39, 0.29) is 0 Å². The first-order valence-corrected chi connectivity index (χ1v) is 8.23. The van der Waals surface area contributed by atoms with Gasteiger partial charge in [0.2, 0.25) is 5.91 Å². The van der Waals surface area contributed by atoms with Crippen LogP contribution in [0.25, 0.3) is 0 Å². The van der Waals surface area contributed by atoms with Crippen molar-refractivity contribution in [3.8, 4) is 0 Å². The lowest BCUT2D eigenvalue weighted by Crippen LogP contribution is -2.52. The molecule has 3 fully saturated rings. The Balaban J connectivity index is 1.77. The summed E-state index contributed by atoms with van der Waals surface area (Å²) >= 11 is 0. The number of hydrogen-bond donors (Lipinski definition) is 1. The van der Waals surface area contributed by atoms with Crippen molar-refractivity contribution in [1.82, 2.24) is 10.2 Å². The zero-order chi connectivity index (χ0) is 13.4. The lowest BCUT2D eigenvalue weighted by atomic mass is 9.77. The van der Waals surface area contributed by atoms with Crippen LogP contribution in [-0.2, 0) is 4.79 Å². The lowest BCUT2D eigenvalue weighted by Gasteiger charge is -2.43. The molecule has 2 saturated carbocycles. The van der Waals surface area contributed by atoms with Crippen LogP contribution in [0, 0.1) is 17.8 Å². The van der Waals surface area contributed by atoms with E-state index in [1.165, 1.54) is 44.9 Å². The number of rotatable bonds is 2. The highest BCUT2D eigenvalue weighted by Gasteiger charge is 2.43. The molecule has 19 heavy (non-hydrogen) atoms. The molecule has 0 aromatic heterocycles. The van der Waals surface area contributed by atoms with Gasteiger partial charge in [-0.15, -0.1) is 0 Å². The van der Waals surface area contributed by atoms with Crippen molar-refractivity contribution in [2.24, 2.45) is 17.8 Å². The second-order valence-electron chi connectivity index (χ2n) is 7.01. The third-order valence-corrected chi connectivity index (χ3v) is 5.92. The normalized spacial score (nSPS) is 41.2. The van der Waals surface area contributed by atoms with Crippen molar-refractivity contribution in [2.75, 3.05) is 6.54 Å². The van der Waals surface area contributed by atoms with Crippen LogP contribution in [-0.4, -0.2) is 29.6 Å². The third kappa shape index (κ3) is 2.42. The molecule has 2 aliphatic carbocycles. The van der Waals surface area contributed by atoms with Crippen molar-refractivity contribution < 1.29 is 4.79 Å². The van der Waals surface area contributed by atoms with Crippen LogP contribution in [0.4, 0.5) is 0 Å². The number of nitrogens with zero attached hydrogens (tertiary/aromatic N) is 1. The second-order valence-corrected chi connectivity index (χ2v) is 7.01. The molecule has 4 unspecified atom stereocenters. The van der Waals surface area contributed by atoms with Gasteiger partial charge in [-0.3, -0.25) is 10.1 Å². The van der Waals surface area contributed by atoms with Crippen molar-refractivity contribution in [3.63, 3.8) is 0 Å². The molecule has 1 saturated heterocycles. The maximum absolute atomic E-state index is 12.4. The van der Waals surface area contributed by atoms with Gasteiger partial charge in [-0.25, -0.2) is 0 Å². The fourth-order valence-corrected chi connectivity index (χ4v) is 4.54. The van der Waals surface area contributed by atoms with Gasteiger partial charge < -0.3 is 4.90 Å². The van der Waals surface area contributed by atoms with Gasteiger partial charge in [0.25, 0.3) is 0 Å². The zero-order valence-electron chi connectivity index (χ0n) is 12.4. The van der Waals surface area contributed by atoms with Gasteiger partial charge in [-0.2, -0.15) is 0 Å². The van der Waals surface area contributed by atoms with Crippen molar-refractivity contribution in [3.05, 3.63) is 0 Å². The van der Waals surface area contributed by atoms with E-state index in [1.807, 2.05) is 0 Å². The molecule has 1 amide bonds. The molecule has 1 heterocycles. The van der Waals surface area contributed by atoms with Gasteiger partial charge in [0.15, 0.2) is 0 Å². The molecule has 3 heteroatoms. The minimum Gasteiger partial charge on any atom is -0.323 e. The molecule has 0 aromatic carbocycles. The number of nitrogens with one attached hydrogen (secondary N) is 1. The van der Waals surface area contributed by atoms with Gasteiger partial charge in [0, 0.05) is 6.04 Å². The first-order chi connectivity index (χ1) is 9.18. The van der Waals surface area contributed by atoms with Crippen LogP contribution in [0.3, 0.4) is 0 Å². The van der Waals surface area contributed by atoms with Crippen LogP contribution in [0.15, 0.2) is 0 Å². The number of hydrogen-bond acceptors (Lipinski definition) is 2. The van der Waals surface area contributed by atoms with Crippen LogP contribution < -0.4 is 5.32 Å². The zero-order valence-corrected chi connectivity index (χ0v) is 12.4. The summed E-state index contributed by atoms with van der Waals surface area (Å²) in [6.45, 7) is 5.28. The molecule has 0 bridgehead atoms. The Morgan fingerprint density at radius 2 is 1.79 bits per heavy atom. The monoisotopic (exact) mass is 264 g/mol. The Morgan fingerprint density at radius 1 is 1.05 bits per heavy atom. The molecule has 4 atom stereocenters. The Labute approximate surface area is 117 Å². The summed E-state index contributed by atoms with van der Waals surface area (Å²) in [6.07, 6.45) is 9.48. The third-order valence-electron chi connectivity index (χ3n) is 5.92. The molecule has 3 rings (SSSR count). The standard InChI is InChI=1S/C16H28N2O/c1-11-6-5-9-14(12(11)2)18-15(19)10-17-16(18)13-7-3-4-8-13/h11-14,16-17H,3-10H2,1-2H3. The second kappa shape index (κ2) is 5.43. The predicted molar refractivity (Wildman–Crippen MR) is 76.6 cm³/mol. The molecule has 1 aliphatic heterocycles. The van der Waals surface area contributed by atoms with E-state index in [0.29, 0.717) is 36.5 Å². The minimum atomic E-state index is 0.341. The summed E-state index contributed by atoms with van der Waals surface area (Å²) in [5.74, 6) is 2.47. The maximum atomic E-state index is 12.4. The van der Waals surface area contributed by atoms with Crippen molar-refractivity contribution in [1.29, 1.82) is 0 Å². The summed E-state index contributed by atoms with van der Waals surface area (Å²) < 4.78 is 0. The quantitative estimate of drug-likeness (QED) is 0.832. The summed E-state index contributed by atoms with van der Waals surface area (Å²) in [5.41, 5.74) is 0. The van der Waals surface area contributed by atoms with Crippen LogP contribution in [0.5, 0.6) is 0 Å². The van der Waals surface area contributed by atoms with E-state index in [9.17, 15) is 4.79 Å². The molecule has 0 spiro atoms. The molecular weight excluding hydrogens is 236 g/mol. The highest BCUT2D eigenvalue weighted by molar-refractivity contribution is 5.81. The van der Waals surface area contributed by atoms with E-state index in [4.69, 9.17) is 0 Å². The molecule has 1 N–H and O–H groups in total. The van der Waals surface area contributed by atoms with Gasteiger partial charge in [0.05, 0.1) is 12.7 Å². The fraction of sp³-hybridized carbons (Fsp3) is 0.938. The van der Waals surface area contributed by atoms with Crippen LogP contribution in [0.1, 0.15) is 58.8 Å². The van der Waals surface area contributed by atoms with Gasteiger partial charge in [-0.1, -0.05) is 39.5 Å². The predicted octanol–water partition coefficient (Wildman–Crippen LogP) is 2.76. The van der Waals surface area contributed by atoms with Gasteiger partial charge >= 0.3 is 0 Å². The summed E-state index contributed by atoms with van der Waals surface area (Å²) in [5, 5.41) is 3.51. The number of carbonyl (C=O) groups is 1. The maximum Gasteiger partial charge on any atom is 0.238 e. The Morgan fingerprint density at radius 3 is 2.53 bits per heavy atom. The topological polar surface area (TPSA) is 32.3 Å². The van der Waals surface area contributed by atoms with Crippen molar-refractivity contribution in [2.45, 2.75) is 71.0 Å². The van der Waals surface area contributed by atoms with Crippen LogP contribution in [0.2, 0.25) is 0 Å². The lowest BCUT2D eigenvalue weighted by molar-refractivity contribution is -0.133. The Hall–Kier alpha value is -0.570. The molecular formula is C16H28N2O. The van der Waals surface area contributed by atoms with E-state index in [2.05, 4.69) is 24.1 Å².